The zero-order chi connectivity index (χ0) is 15.5. The van der Waals surface area contributed by atoms with Gasteiger partial charge in [0.05, 0.1) is 13.2 Å². The lowest BCUT2D eigenvalue weighted by Crippen LogP contribution is -2.25. The predicted molar refractivity (Wildman–Crippen MR) is 94.7 cm³/mol. The molecule has 2 nitrogen and oxygen atoms in total. The second-order valence-corrected chi connectivity index (χ2v) is 6.88. The summed E-state index contributed by atoms with van der Waals surface area (Å²) in [4.78, 5) is 0. The van der Waals surface area contributed by atoms with E-state index in [9.17, 15) is 0 Å². The number of benzene rings is 2. The second kappa shape index (κ2) is 10.1. The van der Waals surface area contributed by atoms with Crippen LogP contribution >= 0.6 is 0 Å². The Hall–Kier alpha value is -1.68. The fourth-order valence-corrected chi connectivity index (χ4v) is 3.10. The first-order chi connectivity index (χ1) is 10.9. The molecule has 0 atom stereocenters. The summed E-state index contributed by atoms with van der Waals surface area (Å²) in [5.41, 5.74) is 4.58. The zero-order valence-corrected chi connectivity index (χ0v) is 14.4. The molecular weight excluding hydrogens is 288 g/mol. The van der Waals surface area contributed by atoms with E-state index in [0.29, 0.717) is 13.2 Å². The van der Waals surface area contributed by atoms with Gasteiger partial charge in [-0.2, -0.15) is 0 Å². The molecule has 0 bridgehead atoms. The van der Waals surface area contributed by atoms with Crippen LogP contribution in [0.4, 0.5) is 0 Å². The maximum Gasteiger partial charge on any atom is 0.139 e. The maximum absolute atomic E-state index is 5.89. The molecule has 0 aliphatic heterocycles. The molecule has 0 amide bonds. The average Bonchev–Trinajstić information content (AvgIpc) is 2.57. The molecule has 22 heavy (non-hydrogen) atoms. The average molecular weight is 312 g/mol. The van der Waals surface area contributed by atoms with Crippen LogP contribution in [0, 0.1) is 0 Å². The van der Waals surface area contributed by atoms with Gasteiger partial charge in [-0.15, -0.1) is 12.3 Å². The smallest absolute Gasteiger partial charge is 0.139 e. The Balaban J connectivity index is 1.69. The van der Waals surface area contributed by atoms with Crippen LogP contribution in [0.3, 0.4) is 0 Å². The van der Waals surface area contributed by atoms with Crippen molar-refractivity contribution in [2.24, 2.45) is 0 Å². The van der Waals surface area contributed by atoms with Crippen molar-refractivity contribution in [1.29, 1.82) is 0 Å². The van der Waals surface area contributed by atoms with Crippen molar-refractivity contribution in [3.8, 4) is 0 Å². The van der Waals surface area contributed by atoms with Crippen LogP contribution in [0.5, 0.6) is 0 Å². The normalized spacial score (nSPS) is 11.3. The number of hydrogen-bond acceptors (Lipinski definition) is 2. The van der Waals surface area contributed by atoms with Gasteiger partial charge < -0.3 is 9.47 Å². The lowest BCUT2D eigenvalue weighted by Gasteiger charge is -2.17. The van der Waals surface area contributed by atoms with E-state index in [4.69, 9.17) is 9.47 Å². The highest BCUT2D eigenvalue weighted by molar-refractivity contribution is 6.42. The minimum Gasteiger partial charge on any atom is -0.356 e. The molecular formula is C19H24O2Si. The Morgan fingerprint density at radius 2 is 1.27 bits per heavy atom. The number of ether oxygens (including phenoxy) is 2. The summed E-state index contributed by atoms with van der Waals surface area (Å²) in [6.45, 7) is 5.23. The van der Waals surface area contributed by atoms with E-state index in [1.54, 1.807) is 0 Å². The Kier molecular flexibility index (Phi) is 7.67. The summed E-state index contributed by atoms with van der Waals surface area (Å²) in [7, 11) is -0.545. The maximum atomic E-state index is 5.89. The van der Waals surface area contributed by atoms with E-state index in [2.05, 4.69) is 55.1 Å². The molecule has 0 aromatic heterocycles. The lowest BCUT2D eigenvalue weighted by molar-refractivity contribution is -0.0882. The highest BCUT2D eigenvalue weighted by Gasteiger charge is 2.08. The zero-order valence-electron chi connectivity index (χ0n) is 13.0. The Bertz CT molecular complexity index is 482. The third-order valence-electron chi connectivity index (χ3n) is 3.43. The van der Waals surface area contributed by atoms with Gasteiger partial charge in [0.2, 0.25) is 0 Å². The highest BCUT2D eigenvalue weighted by atomic mass is 28.2. The van der Waals surface area contributed by atoms with E-state index < -0.39 is 9.52 Å². The molecule has 0 heterocycles. The van der Waals surface area contributed by atoms with Crippen molar-refractivity contribution >= 4 is 9.52 Å². The molecule has 0 spiro atoms. The Morgan fingerprint density at radius 1 is 0.818 bits per heavy atom. The number of hydrogen-bond donors (Lipinski definition) is 0. The molecule has 0 aliphatic rings. The lowest BCUT2D eigenvalue weighted by atomic mass is 10.2. The van der Waals surface area contributed by atoms with Crippen LogP contribution < -0.4 is 0 Å². The van der Waals surface area contributed by atoms with Gasteiger partial charge in [-0.1, -0.05) is 60.7 Å². The molecule has 2 aromatic carbocycles. The van der Waals surface area contributed by atoms with Crippen LogP contribution in [0.15, 0.2) is 72.9 Å². The molecule has 2 aromatic rings. The van der Waals surface area contributed by atoms with Crippen LogP contribution in [-0.2, 0) is 22.3 Å². The summed E-state index contributed by atoms with van der Waals surface area (Å²) in [5, 5.41) is 0. The standard InChI is InChI=1S/C19H24O2Si/c1-2-22-19(20-15-13-17-9-5-3-6-10-17)21-16-14-18-11-7-4-8-12-18/h2-12,19H,1,13-16,22H2. The Morgan fingerprint density at radius 3 is 1.68 bits per heavy atom. The minimum atomic E-state index is -0.545. The Labute approximate surface area is 135 Å². The highest BCUT2D eigenvalue weighted by Crippen LogP contribution is 2.04. The first-order valence-electron chi connectivity index (χ1n) is 7.80. The summed E-state index contributed by atoms with van der Waals surface area (Å²) >= 11 is 0. The monoisotopic (exact) mass is 312 g/mol. The quantitative estimate of drug-likeness (QED) is 0.496. The van der Waals surface area contributed by atoms with Crippen molar-refractivity contribution in [2.45, 2.75) is 18.8 Å². The third kappa shape index (κ3) is 6.39. The van der Waals surface area contributed by atoms with E-state index in [0.717, 1.165) is 12.8 Å². The van der Waals surface area contributed by atoms with E-state index in [-0.39, 0.29) is 5.91 Å². The van der Waals surface area contributed by atoms with Crippen molar-refractivity contribution in [1.82, 2.24) is 0 Å². The van der Waals surface area contributed by atoms with Crippen LogP contribution in [0.1, 0.15) is 11.1 Å². The van der Waals surface area contributed by atoms with Crippen molar-refractivity contribution < 1.29 is 9.47 Å². The van der Waals surface area contributed by atoms with Gasteiger partial charge in [-0.25, -0.2) is 0 Å². The van der Waals surface area contributed by atoms with Gasteiger partial charge in [0.15, 0.2) is 0 Å². The van der Waals surface area contributed by atoms with Gasteiger partial charge in [0, 0.05) is 0 Å². The molecule has 0 aliphatic carbocycles. The van der Waals surface area contributed by atoms with E-state index in [1.165, 1.54) is 11.1 Å². The van der Waals surface area contributed by atoms with Crippen LogP contribution in [0.2, 0.25) is 0 Å². The predicted octanol–water partition coefficient (Wildman–Crippen LogP) is 3.10. The first kappa shape index (κ1) is 16.7. The fraction of sp³-hybridized carbons (Fsp3) is 0.263. The van der Waals surface area contributed by atoms with Gasteiger partial charge in [-0.05, 0) is 24.0 Å². The van der Waals surface area contributed by atoms with Crippen LogP contribution in [-0.4, -0.2) is 28.6 Å². The van der Waals surface area contributed by atoms with Gasteiger partial charge in [0.25, 0.3) is 0 Å². The summed E-state index contributed by atoms with van der Waals surface area (Å²) in [6.07, 6.45) is 1.84. The summed E-state index contributed by atoms with van der Waals surface area (Å²) < 4.78 is 11.8. The minimum absolute atomic E-state index is 0.0649. The van der Waals surface area contributed by atoms with Crippen molar-refractivity contribution in [2.75, 3.05) is 13.2 Å². The molecule has 116 valence electrons. The molecule has 0 unspecified atom stereocenters. The van der Waals surface area contributed by atoms with Gasteiger partial charge in [-0.3, -0.25) is 0 Å². The molecule has 0 radical (unpaired) electrons. The topological polar surface area (TPSA) is 18.5 Å². The second-order valence-electron chi connectivity index (χ2n) is 5.17. The fourth-order valence-electron chi connectivity index (χ4n) is 2.23. The van der Waals surface area contributed by atoms with Crippen molar-refractivity contribution in [3.05, 3.63) is 84.1 Å². The molecule has 3 heteroatoms. The largest absolute Gasteiger partial charge is 0.356 e. The molecule has 0 fully saturated rings. The van der Waals surface area contributed by atoms with E-state index in [1.807, 2.05) is 17.8 Å². The van der Waals surface area contributed by atoms with Gasteiger partial charge in [0.1, 0.15) is 15.4 Å². The van der Waals surface area contributed by atoms with Gasteiger partial charge >= 0.3 is 0 Å². The molecule has 2 rings (SSSR count). The molecule has 0 N–H and O–H groups in total. The number of rotatable bonds is 10. The van der Waals surface area contributed by atoms with E-state index >= 15 is 0 Å². The molecule has 0 saturated carbocycles. The van der Waals surface area contributed by atoms with Crippen molar-refractivity contribution in [3.63, 3.8) is 0 Å². The SMILES string of the molecule is C=C[SiH2]C(OCCc1ccccc1)OCCc1ccccc1. The van der Waals surface area contributed by atoms with Crippen LogP contribution in [0.25, 0.3) is 0 Å². The first-order valence-corrected chi connectivity index (χ1v) is 9.43. The summed E-state index contributed by atoms with van der Waals surface area (Å²) in [6, 6.07) is 20.8. The summed E-state index contributed by atoms with van der Waals surface area (Å²) in [5.74, 6) is -0.0649. The molecule has 0 saturated heterocycles. The third-order valence-corrected chi connectivity index (χ3v) is 4.62.